The van der Waals surface area contributed by atoms with Gasteiger partial charge in [-0.3, -0.25) is 0 Å². The van der Waals surface area contributed by atoms with Crippen molar-refractivity contribution in [3.8, 4) is 0 Å². The highest BCUT2D eigenvalue weighted by Crippen LogP contribution is 2.31. The van der Waals surface area contributed by atoms with Crippen molar-refractivity contribution in [3.63, 3.8) is 0 Å². The van der Waals surface area contributed by atoms with E-state index >= 15 is 0 Å². The first-order valence-electron chi connectivity index (χ1n) is 6.73. The van der Waals surface area contributed by atoms with E-state index in [4.69, 9.17) is 0 Å². The minimum atomic E-state index is 0.382. The summed E-state index contributed by atoms with van der Waals surface area (Å²) in [4.78, 5) is 3.84. The van der Waals surface area contributed by atoms with Crippen molar-refractivity contribution in [2.75, 3.05) is 20.6 Å². The molecule has 102 valence electrons. The van der Waals surface area contributed by atoms with Crippen LogP contribution in [0.15, 0.2) is 15.9 Å². The molecule has 1 aliphatic carbocycles. The molecule has 0 unspecified atom stereocenters. The molecule has 1 aromatic heterocycles. The molecule has 0 bridgehead atoms. The van der Waals surface area contributed by atoms with Crippen LogP contribution in [0, 0.1) is 0 Å². The summed E-state index contributed by atoms with van der Waals surface area (Å²) in [6, 6.07) is 2.21. The molecule has 2 nitrogen and oxygen atoms in total. The minimum absolute atomic E-state index is 0.382. The molecule has 0 spiro atoms. The summed E-state index contributed by atoms with van der Waals surface area (Å²) in [5.41, 5.74) is 0.382. The Morgan fingerprint density at radius 2 is 2.06 bits per heavy atom. The van der Waals surface area contributed by atoms with E-state index in [9.17, 15) is 0 Å². The lowest BCUT2D eigenvalue weighted by atomic mass is 9.80. The van der Waals surface area contributed by atoms with Gasteiger partial charge in [-0.25, -0.2) is 0 Å². The van der Waals surface area contributed by atoms with Gasteiger partial charge in [0, 0.05) is 33.4 Å². The molecule has 0 amide bonds. The molecular formula is C14H23BrN2S. The van der Waals surface area contributed by atoms with Gasteiger partial charge in [0.25, 0.3) is 0 Å². The van der Waals surface area contributed by atoms with Crippen LogP contribution in [0.5, 0.6) is 0 Å². The van der Waals surface area contributed by atoms with Crippen LogP contribution in [0.1, 0.15) is 37.0 Å². The quantitative estimate of drug-likeness (QED) is 0.881. The van der Waals surface area contributed by atoms with Gasteiger partial charge < -0.3 is 10.2 Å². The molecule has 1 aliphatic rings. The molecule has 0 aromatic carbocycles. The Bertz CT molecular complexity index is 370. The number of hydrogen-bond acceptors (Lipinski definition) is 3. The van der Waals surface area contributed by atoms with Gasteiger partial charge in [-0.15, -0.1) is 11.3 Å². The van der Waals surface area contributed by atoms with E-state index in [1.165, 1.54) is 41.5 Å². The van der Waals surface area contributed by atoms with Crippen LogP contribution in [-0.2, 0) is 6.54 Å². The van der Waals surface area contributed by atoms with Crippen LogP contribution in [0.2, 0.25) is 0 Å². The van der Waals surface area contributed by atoms with Crippen molar-refractivity contribution < 1.29 is 0 Å². The first kappa shape index (κ1) is 14.5. The number of nitrogens with zero attached hydrogens (tertiary/aromatic N) is 1. The molecule has 1 N–H and O–H groups in total. The molecule has 0 atom stereocenters. The van der Waals surface area contributed by atoms with Gasteiger partial charge in [0.1, 0.15) is 0 Å². The molecule has 1 aromatic rings. The third-order valence-electron chi connectivity index (χ3n) is 4.11. The number of thiophene rings is 1. The van der Waals surface area contributed by atoms with Crippen molar-refractivity contribution in [2.45, 2.75) is 44.2 Å². The zero-order valence-electron chi connectivity index (χ0n) is 11.3. The molecule has 1 saturated carbocycles. The zero-order chi connectivity index (χ0) is 13.0. The SMILES string of the molecule is CN(C)C1(CNCc2cc(Br)cs2)CCCCC1. The fourth-order valence-electron chi connectivity index (χ4n) is 2.86. The Morgan fingerprint density at radius 1 is 1.33 bits per heavy atom. The highest BCUT2D eigenvalue weighted by atomic mass is 79.9. The highest BCUT2D eigenvalue weighted by molar-refractivity contribution is 9.10. The van der Waals surface area contributed by atoms with Crippen molar-refractivity contribution in [1.29, 1.82) is 0 Å². The van der Waals surface area contributed by atoms with E-state index in [1.807, 2.05) is 11.3 Å². The molecule has 1 heterocycles. The average molecular weight is 331 g/mol. The maximum Gasteiger partial charge on any atom is 0.0328 e. The smallest absolute Gasteiger partial charge is 0.0328 e. The first-order chi connectivity index (χ1) is 8.62. The monoisotopic (exact) mass is 330 g/mol. The predicted molar refractivity (Wildman–Crippen MR) is 83.2 cm³/mol. The highest BCUT2D eigenvalue weighted by Gasteiger charge is 2.33. The molecule has 2 rings (SSSR count). The van der Waals surface area contributed by atoms with Crippen LogP contribution in [0.25, 0.3) is 0 Å². The van der Waals surface area contributed by atoms with Crippen LogP contribution >= 0.6 is 27.3 Å². The number of likely N-dealkylation sites (N-methyl/N-ethyl adjacent to an activating group) is 1. The molecule has 4 heteroatoms. The predicted octanol–water partition coefficient (Wildman–Crippen LogP) is 3.86. The molecular weight excluding hydrogens is 308 g/mol. The summed E-state index contributed by atoms with van der Waals surface area (Å²) in [6.07, 6.45) is 6.84. The summed E-state index contributed by atoms with van der Waals surface area (Å²) in [5, 5.41) is 5.81. The van der Waals surface area contributed by atoms with Crippen LogP contribution in [-0.4, -0.2) is 31.1 Å². The lowest BCUT2D eigenvalue weighted by Gasteiger charge is -2.43. The van der Waals surface area contributed by atoms with Gasteiger partial charge in [0.15, 0.2) is 0 Å². The van der Waals surface area contributed by atoms with Crippen LogP contribution in [0.4, 0.5) is 0 Å². The van der Waals surface area contributed by atoms with E-state index in [0.717, 1.165) is 13.1 Å². The van der Waals surface area contributed by atoms with E-state index in [1.54, 1.807) is 0 Å². The van der Waals surface area contributed by atoms with E-state index < -0.39 is 0 Å². The minimum Gasteiger partial charge on any atom is -0.310 e. The number of hydrogen-bond donors (Lipinski definition) is 1. The second-order valence-electron chi connectivity index (χ2n) is 5.51. The summed E-state index contributed by atoms with van der Waals surface area (Å²) >= 11 is 5.33. The largest absolute Gasteiger partial charge is 0.310 e. The normalized spacial score (nSPS) is 19.3. The van der Waals surface area contributed by atoms with Crippen molar-refractivity contribution in [1.82, 2.24) is 10.2 Å². The maximum atomic E-state index is 3.65. The Kier molecular flexibility index (Phi) is 5.24. The molecule has 0 aliphatic heterocycles. The van der Waals surface area contributed by atoms with Gasteiger partial charge in [0.2, 0.25) is 0 Å². The first-order valence-corrected chi connectivity index (χ1v) is 8.41. The van der Waals surface area contributed by atoms with Crippen LogP contribution < -0.4 is 5.32 Å². The van der Waals surface area contributed by atoms with Gasteiger partial charge in [0.05, 0.1) is 0 Å². The molecule has 1 fully saturated rings. The van der Waals surface area contributed by atoms with E-state index in [-0.39, 0.29) is 0 Å². The Morgan fingerprint density at radius 3 is 2.61 bits per heavy atom. The lowest BCUT2D eigenvalue weighted by molar-refractivity contribution is 0.0985. The fraction of sp³-hybridized carbons (Fsp3) is 0.714. The van der Waals surface area contributed by atoms with Crippen LogP contribution in [0.3, 0.4) is 0 Å². The molecule has 18 heavy (non-hydrogen) atoms. The number of rotatable bonds is 5. The van der Waals surface area contributed by atoms with Gasteiger partial charge in [-0.2, -0.15) is 0 Å². The third kappa shape index (κ3) is 3.56. The number of nitrogens with one attached hydrogen (secondary N) is 1. The molecule has 0 saturated heterocycles. The van der Waals surface area contributed by atoms with Crippen molar-refractivity contribution >= 4 is 27.3 Å². The topological polar surface area (TPSA) is 15.3 Å². The summed E-state index contributed by atoms with van der Waals surface area (Å²) in [7, 11) is 4.46. The number of halogens is 1. The van der Waals surface area contributed by atoms with E-state index in [2.05, 4.69) is 51.7 Å². The van der Waals surface area contributed by atoms with E-state index in [0.29, 0.717) is 5.54 Å². The standard InChI is InChI=1S/C14H23BrN2S/c1-17(2)14(6-4-3-5-7-14)11-16-9-13-8-12(15)10-18-13/h8,10,16H,3-7,9,11H2,1-2H3. The summed E-state index contributed by atoms with van der Waals surface area (Å²) in [5.74, 6) is 0. The lowest BCUT2D eigenvalue weighted by Crippen LogP contribution is -2.52. The van der Waals surface area contributed by atoms with Gasteiger partial charge in [-0.1, -0.05) is 19.3 Å². The second-order valence-corrected chi connectivity index (χ2v) is 7.43. The Labute approximate surface area is 123 Å². The van der Waals surface area contributed by atoms with Crippen molar-refractivity contribution in [2.24, 2.45) is 0 Å². The average Bonchev–Trinajstić information content (AvgIpc) is 2.76. The maximum absolute atomic E-state index is 3.65. The van der Waals surface area contributed by atoms with Gasteiger partial charge in [-0.05, 0) is 48.9 Å². The summed E-state index contributed by atoms with van der Waals surface area (Å²) in [6.45, 7) is 2.10. The Hall–Kier alpha value is 0.1000. The zero-order valence-corrected chi connectivity index (χ0v) is 13.7. The second kappa shape index (κ2) is 6.51. The fourth-order valence-corrected chi connectivity index (χ4v) is 4.28. The summed E-state index contributed by atoms with van der Waals surface area (Å²) < 4.78 is 1.20. The van der Waals surface area contributed by atoms with Gasteiger partial charge >= 0.3 is 0 Å². The van der Waals surface area contributed by atoms with Crippen molar-refractivity contribution in [3.05, 3.63) is 20.8 Å². The Balaban J connectivity index is 1.86. The molecule has 0 radical (unpaired) electrons. The third-order valence-corrected chi connectivity index (χ3v) is 5.81.